The summed E-state index contributed by atoms with van der Waals surface area (Å²) in [5, 5.41) is 10.8. The lowest BCUT2D eigenvalue weighted by atomic mass is 10.1. The molecule has 0 aromatic heterocycles. The van der Waals surface area contributed by atoms with Crippen LogP contribution in [0.5, 0.6) is 11.5 Å². The summed E-state index contributed by atoms with van der Waals surface area (Å²) in [4.78, 5) is 4.67. The first-order valence-electron chi connectivity index (χ1n) is 6.49. The van der Waals surface area contributed by atoms with E-state index in [0.29, 0.717) is 23.4 Å². The summed E-state index contributed by atoms with van der Waals surface area (Å²) in [5.74, 6) is 0.627. The summed E-state index contributed by atoms with van der Waals surface area (Å²) in [6, 6.07) is 3.90. The third-order valence-electron chi connectivity index (χ3n) is 3.68. The molecule has 0 spiro atoms. The second-order valence-electron chi connectivity index (χ2n) is 5.20. The molecule has 1 fully saturated rings. The fourth-order valence-electron chi connectivity index (χ4n) is 2.54. The Balaban J connectivity index is 2.17. The maximum absolute atomic E-state index is 10.2. The Labute approximate surface area is 119 Å². The van der Waals surface area contributed by atoms with Gasteiger partial charge in [-0.1, -0.05) is 11.6 Å². The van der Waals surface area contributed by atoms with E-state index in [9.17, 15) is 5.11 Å². The topological polar surface area (TPSA) is 35.9 Å². The van der Waals surface area contributed by atoms with Gasteiger partial charge >= 0.3 is 0 Å². The van der Waals surface area contributed by atoms with Crippen LogP contribution in [0.15, 0.2) is 12.1 Å². The van der Waals surface area contributed by atoms with Crippen molar-refractivity contribution in [3.05, 3.63) is 22.7 Å². The molecule has 0 radical (unpaired) electrons. The van der Waals surface area contributed by atoms with E-state index in [0.717, 1.165) is 25.2 Å². The molecule has 0 saturated carbocycles. The van der Waals surface area contributed by atoms with Crippen molar-refractivity contribution < 1.29 is 9.84 Å². The van der Waals surface area contributed by atoms with E-state index in [1.165, 1.54) is 7.11 Å². The maximum atomic E-state index is 10.2. The summed E-state index contributed by atoms with van der Waals surface area (Å²) >= 11 is 6.06. The molecule has 1 N–H and O–H groups in total. The molecule has 2 rings (SSSR count). The lowest BCUT2D eigenvalue weighted by molar-refractivity contribution is 0.0930. The smallest absolute Gasteiger partial charge is 0.162 e. The van der Waals surface area contributed by atoms with Crippen LogP contribution in [0.3, 0.4) is 0 Å². The third-order valence-corrected chi connectivity index (χ3v) is 3.90. The minimum atomic E-state index is 0.193. The van der Waals surface area contributed by atoms with Gasteiger partial charge in [-0.15, -0.1) is 0 Å². The van der Waals surface area contributed by atoms with Gasteiger partial charge < -0.3 is 14.7 Å². The van der Waals surface area contributed by atoms with Gasteiger partial charge in [0, 0.05) is 48.9 Å². The number of hydrogen-bond acceptors (Lipinski definition) is 4. The Hall–Kier alpha value is -0.970. The van der Waals surface area contributed by atoms with E-state index in [1.54, 1.807) is 6.07 Å². The van der Waals surface area contributed by atoms with Gasteiger partial charge in [0.25, 0.3) is 0 Å². The first kappa shape index (κ1) is 14.4. The third kappa shape index (κ3) is 3.32. The SMILES string of the molecule is COc1cc(Cl)cc(CN2CCN(C)CC2C)c1O. The van der Waals surface area contributed by atoms with Crippen molar-refractivity contribution in [3.63, 3.8) is 0 Å². The average molecular weight is 285 g/mol. The molecule has 19 heavy (non-hydrogen) atoms. The number of aromatic hydroxyl groups is 1. The second kappa shape index (κ2) is 5.99. The molecule has 1 aromatic rings. The molecule has 0 amide bonds. The van der Waals surface area contributed by atoms with Crippen molar-refractivity contribution in [2.24, 2.45) is 0 Å². The second-order valence-corrected chi connectivity index (χ2v) is 5.63. The Morgan fingerprint density at radius 3 is 2.79 bits per heavy atom. The summed E-state index contributed by atoms with van der Waals surface area (Å²) in [5.41, 5.74) is 0.820. The maximum Gasteiger partial charge on any atom is 0.162 e. The predicted molar refractivity (Wildman–Crippen MR) is 77.0 cm³/mol. The number of likely N-dealkylation sites (N-methyl/N-ethyl adjacent to an activating group) is 1. The Morgan fingerprint density at radius 1 is 1.42 bits per heavy atom. The zero-order valence-electron chi connectivity index (χ0n) is 11.7. The number of phenols is 1. The molecule has 1 saturated heterocycles. The number of phenolic OH excluding ortho intramolecular Hbond substituents is 1. The van der Waals surface area contributed by atoms with Crippen LogP contribution in [0.25, 0.3) is 0 Å². The largest absolute Gasteiger partial charge is 0.504 e. The summed E-state index contributed by atoms with van der Waals surface area (Å²) in [7, 11) is 3.67. The molecule has 0 aliphatic carbocycles. The van der Waals surface area contributed by atoms with E-state index < -0.39 is 0 Å². The Morgan fingerprint density at radius 2 is 2.16 bits per heavy atom. The number of methoxy groups -OCH3 is 1. The molecule has 1 atom stereocenters. The first-order valence-corrected chi connectivity index (χ1v) is 6.87. The van der Waals surface area contributed by atoms with E-state index in [2.05, 4.69) is 23.8 Å². The normalized spacial score (nSPS) is 21.6. The molecule has 1 aliphatic rings. The van der Waals surface area contributed by atoms with Crippen LogP contribution >= 0.6 is 11.6 Å². The van der Waals surface area contributed by atoms with Crippen LogP contribution in [-0.2, 0) is 6.54 Å². The molecule has 1 aromatic carbocycles. The molecule has 106 valence electrons. The summed E-state index contributed by atoms with van der Waals surface area (Å²) in [6.45, 7) is 5.97. The van der Waals surface area contributed by atoms with Gasteiger partial charge in [0.15, 0.2) is 11.5 Å². The van der Waals surface area contributed by atoms with Gasteiger partial charge in [-0.05, 0) is 20.0 Å². The molecule has 1 unspecified atom stereocenters. The quantitative estimate of drug-likeness (QED) is 0.923. The fraction of sp³-hybridized carbons (Fsp3) is 0.571. The van der Waals surface area contributed by atoms with Crippen LogP contribution in [0.4, 0.5) is 0 Å². The summed E-state index contributed by atoms with van der Waals surface area (Å²) < 4.78 is 5.14. The highest BCUT2D eigenvalue weighted by atomic mass is 35.5. The highest BCUT2D eigenvalue weighted by Gasteiger charge is 2.23. The number of halogens is 1. The van der Waals surface area contributed by atoms with E-state index in [1.807, 2.05) is 6.07 Å². The van der Waals surface area contributed by atoms with Crippen molar-refractivity contribution >= 4 is 11.6 Å². The Kier molecular flexibility index (Phi) is 4.55. The van der Waals surface area contributed by atoms with Crippen LogP contribution < -0.4 is 4.74 Å². The minimum absolute atomic E-state index is 0.193. The lowest BCUT2D eigenvalue weighted by Crippen LogP contribution is -2.49. The van der Waals surface area contributed by atoms with E-state index in [4.69, 9.17) is 16.3 Å². The fourth-order valence-corrected chi connectivity index (χ4v) is 2.77. The number of ether oxygens (including phenoxy) is 1. The molecule has 1 heterocycles. The number of piperazine rings is 1. The molecule has 1 aliphatic heterocycles. The number of hydrogen-bond donors (Lipinski definition) is 1. The van der Waals surface area contributed by atoms with Crippen LogP contribution in [0.1, 0.15) is 12.5 Å². The minimum Gasteiger partial charge on any atom is -0.504 e. The lowest BCUT2D eigenvalue weighted by Gasteiger charge is -2.38. The van der Waals surface area contributed by atoms with Crippen molar-refractivity contribution in [1.29, 1.82) is 0 Å². The molecule has 4 nitrogen and oxygen atoms in total. The van der Waals surface area contributed by atoms with Crippen molar-refractivity contribution in [2.75, 3.05) is 33.8 Å². The number of rotatable bonds is 3. The van der Waals surface area contributed by atoms with Crippen LogP contribution in [-0.4, -0.2) is 54.7 Å². The van der Waals surface area contributed by atoms with Gasteiger partial charge in [0.05, 0.1) is 7.11 Å². The summed E-state index contributed by atoms with van der Waals surface area (Å²) in [6.07, 6.45) is 0. The van der Waals surface area contributed by atoms with Gasteiger partial charge in [-0.3, -0.25) is 4.90 Å². The Bertz CT molecular complexity index is 453. The van der Waals surface area contributed by atoms with Gasteiger partial charge in [-0.25, -0.2) is 0 Å². The first-order chi connectivity index (χ1) is 9.01. The highest BCUT2D eigenvalue weighted by Crippen LogP contribution is 2.34. The van der Waals surface area contributed by atoms with Crippen molar-refractivity contribution in [2.45, 2.75) is 19.5 Å². The van der Waals surface area contributed by atoms with Gasteiger partial charge in [0.1, 0.15) is 0 Å². The zero-order chi connectivity index (χ0) is 14.0. The van der Waals surface area contributed by atoms with E-state index >= 15 is 0 Å². The standard InChI is InChI=1S/C14H21ClN2O2/c1-10-8-16(2)4-5-17(10)9-11-6-12(15)7-13(19-3)14(11)18/h6-7,10,18H,4-5,8-9H2,1-3H3. The zero-order valence-corrected chi connectivity index (χ0v) is 12.4. The average Bonchev–Trinajstić information content (AvgIpc) is 2.36. The molecular formula is C14H21ClN2O2. The van der Waals surface area contributed by atoms with Crippen molar-refractivity contribution in [3.8, 4) is 11.5 Å². The molecule has 0 bridgehead atoms. The number of nitrogens with zero attached hydrogens (tertiary/aromatic N) is 2. The monoisotopic (exact) mass is 284 g/mol. The predicted octanol–water partition coefficient (Wildman–Crippen LogP) is 2.19. The highest BCUT2D eigenvalue weighted by molar-refractivity contribution is 6.30. The van der Waals surface area contributed by atoms with Crippen molar-refractivity contribution in [1.82, 2.24) is 9.80 Å². The van der Waals surface area contributed by atoms with Crippen LogP contribution in [0, 0.1) is 0 Å². The van der Waals surface area contributed by atoms with Crippen LogP contribution in [0.2, 0.25) is 5.02 Å². The van der Waals surface area contributed by atoms with E-state index in [-0.39, 0.29) is 5.75 Å². The molecule has 5 heteroatoms. The van der Waals surface area contributed by atoms with Gasteiger partial charge in [-0.2, -0.15) is 0 Å². The van der Waals surface area contributed by atoms with Gasteiger partial charge in [0.2, 0.25) is 0 Å². The number of benzene rings is 1. The molecular weight excluding hydrogens is 264 g/mol.